The van der Waals surface area contributed by atoms with Crippen LogP contribution in [0, 0.1) is 11.8 Å². The lowest BCUT2D eigenvalue weighted by atomic mass is 9.88. The molecule has 1 saturated heterocycles. The Morgan fingerprint density at radius 1 is 1.26 bits per heavy atom. The van der Waals surface area contributed by atoms with Crippen molar-refractivity contribution in [3.05, 3.63) is 0 Å². The molecule has 0 spiro atoms. The first kappa shape index (κ1) is 15.3. The fourth-order valence-electron chi connectivity index (χ4n) is 3.25. The molecule has 2 fully saturated rings. The Morgan fingerprint density at radius 3 is 2.58 bits per heavy atom. The molecule has 0 amide bonds. The summed E-state index contributed by atoms with van der Waals surface area (Å²) < 4.78 is 0. The maximum Gasteiger partial charge on any atom is 0.0578 e. The molecule has 112 valence electrons. The number of aliphatic hydroxyl groups is 1. The van der Waals surface area contributed by atoms with Crippen LogP contribution in [0.4, 0.5) is 0 Å². The van der Waals surface area contributed by atoms with Crippen LogP contribution in [-0.2, 0) is 0 Å². The number of likely N-dealkylation sites (tertiary alicyclic amines) is 1. The first-order chi connectivity index (χ1) is 9.10. The number of piperidine rings is 1. The molecule has 0 aromatic heterocycles. The minimum atomic E-state index is -0.115. The van der Waals surface area contributed by atoms with Crippen molar-refractivity contribution in [1.82, 2.24) is 10.2 Å². The first-order valence-electron chi connectivity index (χ1n) is 8.25. The van der Waals surface area contributed by atoms with Crippen molar-refractivity contribution in [3.8, 4) is 0 Å². The minimum absolute atomic E-state index is 0.115. The van der Waals surface area contributed by atoms with Crippen molar-refractivity contribution in [1.29, 1.82) is 0 Å². The molecule has 2 N–H and O–H groups in total. The highest BCUT2D eigenvalue weighted by atomic mass is 16.3. The molecular formula is C16H32N2O. The predicted molar refractivity (Wildman–Crippen MR) is 80.2 cm³/mol. The molecule has 0 aromatic rings. The second-order valence-electron chi connectivity index (χ2n) is 6.99. The van der Waals surface area contributed by atoms with Gasteiger partial charge in [-0.05, 0) is 50.5 Å². The molecule has 2 rings (SSSR count). The predicted octanol–water partition coefficient (Wildman–Crippen LogP) is 2.25. The SMILES string of the molecule is CCC(O)C1CC(NCCC(C)C)CN(C2CC2)C1. The lowest BCUT2D eigenvalue weighted by Gasteiger charge is -2.40. The number of aliphatic hydroxyl groups excluding tert-OH is 1. The van der Waals surface area contributed by atoms with E-state index in [-0.39, 0.29) is 6.10 Å². The molecule has 0 aromatic carbocycles. The van der Waals surface area contributed by atoms with E-state index >= 15 is 0 Å². The van der Waals surface area contributed by atoms with Crippen LogP contribution in [0.5, 0.6) is 0 Å². The summed E-state index contributed by atoms with van der Waals surface area (Å²) in [4.78, 5) is 2.63. The lowest BCUT2D eigenvalue weighted by Crippen LogP contribution is -2.52. The number of nitrogens with zero attached hydrogens (tertiary/aromatic N) is 1. The zero-order valence-electron chi connectivity index (χ0n) is 12.9. The molecule has 3 atom stereocenters. The molecule has 3 unspecified atom stereocenters. The van der Waals surface area contributed by atoms with Crippen LogP contribution in [0.2, 0.25) is 0 Å². The molecule has 1 aliphatic carbocycles. The summed E-state index contributed by atoms with van der Waals surface area (Å²) in [6.45, 7) is 10.1. The van der Waals surface area contributed by atoms with E-state index < -0.39 is 0 Å². The largest absolute Gasteiger partial charge is 0.393 e. The molecule has 1 saturated carbocycles. The highest BCUT2D eigenvalue weighted by Crippen LogP contribution is 2.32. The molecule has 0 radical (unpaired) electrons. The Bertz CT molecular complexity index is 265. The molecule has 1 heterocycles. The van der Waals surface area contributed by atoms with Crippen LogP contribution in [0.3, 0.4) is 0 Å². The summed E-state index contributed by atoms with van der Waals surface area (Å²) in [7, 11) is 0. The molecule has 1 aliphatic heterocycles. The maximum absolute atomic E-state index is 10.2. The summed E-state index contributed by atoms with van der Waals surface area (Å²) >= 11 is 0. The quantitative estimate of drug-likeness (QED) is 0.743. The van der Waals surface area contributed by atoms with Crippen molar-refractivity contribution in [2.75, 3.05) is 19.6 Å². The zero-order valence-corrected chi connectivity index (χ0v) is 12.9. The third-order valence-corrected chi connectivity index (χ3v) is 4.69. The Hall–Kier alpha value is -0.120. The zero-order chi connectivity index (χ0) is 13.8. The van der Waals surface area contributed by atoms with Gasteiger partial charge in [0.15, 0.2) is 0 Å². The van der Waals surface area contributed by atoms with Crippen LogP contribution in [0.15, 0.2) is 0 Å². The van der Waals surface area contributed by atoms with Gasteiger partial charge in [-0.1, -0.05) is 20.8 Å². The van der Waals surface area contributed by atoms with Gasteiger partial charge in [0, 0.05) is 25.2 Å². The van der Waals surface area contributed by atoms with Gasteiger partial charge in [0.2, 0.25) is 0 Å². The Morgan fingerprint density at radius 2 is 2.00 bits per heavy atom. The van der Waals surface area contributed by atoms with E-state index in [4.69, 9.17) is 0 Å². The minimum Gasteiger partial charge on any atom is -0.393 e. The summed E-state index contributed by atoms with van der Waals surface area (Å²) in [6.07, 6.45) is 5.91. The van der Waals surface area contributed by atoms with Crippen LogP contribution >= 0.6 is 0 Å². The van der Waals surface area contributed by atoms with E-state index in [1.54, 1.807) is 0 Å². The Labute approximate surface area is 118 Å². The first-order valence-corrected chi connectivity index (χ1v) is 8.25. The van der Waals surface area contributed by atoms with Gasteiger partial charge in [-0.25, -0.2) is 0 Å². The summed E-state index contributed by atoms with van der Waals surface area (Å²) in [5, 5.41) is 13.9. The number of hydrogen-bond acceptors (Lipinski definition) is 3. The van der Waals surface area contributed by atoms with Gasteiger partial charge >= 0.3 is 0 Å². The van der Waals surface area contributed by atoms with Gasteiger partial charge in [-0.2, -0.15) is 0 Å². The number of rotatable bonds is 7. The molecule has 3 heteroatoms. The third-order valence-electron chi connectivity index (χ3n) is 4.69. The van der Waals surface area contributed by atoms with Gasteiger partial charge in [0.25, 0.3) is 0 Å². The van der Waals surface area contributed by atoms with E-state index in [9.17, 15) is 5.11 Å². The van der Waals surface area contributed by atoms with Crippen molar-refractivity contribution in [2.24, 2.45) is 11.8 Å². The van der Waals surface area contributed by atoms with Crippen molar-refractivity contribution >= 4 is 0 Å². The normalized spacial score (nSPS) is 30.8. The fourth-order valence-corrected chi connectivity index (χ4v) is 3.25. The van der Waals surface area contributed by atoms with Crippen molar-refractivity contribution in [3.63, 3.8) is 0 Å². The Balaban J connectivity index is 1.83. The van der Waals surface area contributed by atoms with Gasteiger partial charge in [0.1, 0.15) is 0 Å². The summed E-state index contributed by atoms with van der Waals surface area (Å²) in [5.74, 6) is 1.24. The standard InChI is InChI=1S/C16H32N2O/c1-4-16(19)13-9-14(17-8-7-12(2)3)11-18(10-13)15-5-6-15/h12-17,19H,4-11H2,1-3H3. The second kappa shape index (κ2) is 7.05. The van der Waals surface area contributed by atoms with Crippen LogP contribution in [0.25, 0.3) is 0 Å². The molecule has 0 bridgehead atoms. The Kier molecular flexibility index (Phi) is 5.67. The van der Waals surface area contributed by atoms with Gasteiger partial charge in [0.05, 0.1) is 6.10 Å². The van der Waals surface area contributed by atoms with Gasteiger partial charge < -0.3 is 10.4 Å². The van der Waals surface area contributed by atoms with Crippen molar-refractivity contribution in [2.45, 2.75) is 71.1 Å². The second-order valence-corrected chi connectivity index (χ2v) is 6.99. The average Bonchev–Trinajstić information content (AvgIpc) is 3.21. The number of hydrogen-bond donors (Lipinski definition) is 2. The summed E-state index contributed by atoms with van der Waals surface area (Å²) in [6, 6.07) is 1.40. The molecular weight excluding hydrogens is 236 g/mol. The molecule has 2 aliphatic rings. The third kappa shape index (κ3) is 4.73. The highest BCUT2D eigenvalue weighted by Gasteiger charge is 2.37. The van der Waals surface area contributed by atoms with Crippen LogP contribution in [0.1, 0.15) is 52.9 Å². The van der Waals surface area contributed by atoms with Crippen molar-refractivity contribution < 1.29 is 5.11 Å². The molecule has 19 heavy (non-hydrogen) atoms. The van der Waals surface area contributed by atoms with E-state index in [2.05, 4.69) is 31.0 Å². The topological polar surface area (TPSA) is 35.5 Å². The maximum atomic E-state index is 10.2. The van der Waals surface area contributed by atoms with E-state index in [1.807, 2.05) is 0 Å². The fraction of sp³-hybridized carbons (Fsp3) is 1.00. The molecule has 3 nitrogen and oxygen atoms in total. The van der Waals surface area contributed by atoms with Gasteiger partial charge in [-0.3, -0.25) is 4.90 Å². The average molecular weight is 268 g/mol. The van der Waals surface area contributed by atoms with E-state index in [1.165, 1.54) is 25.8 Å². The van der Waals surface area contributed by atoms with Crippen LogP contribution in [-0.4, -0.2) is 47.8 Å². The lowest BCUT2D eigenvalue weighted by molar-refractivity contribution is 0.0325. The van der Waals surface area contributed by atoms with E-state index in [0.717, 1.165) is 37.9 Å². The summed E-state index contributed by atoms with van der Waals surface area (Å²) in [5.41, 5.74) is 0. The smallest absolute Gasteiger partial charge is 0.0578 e. The highest BCUT2D eigenvalue weighted by molar-refractivity contribution is 4.93. The van der Waals surface area contributed by atoms with Crippen LogP contribution < -0.4 is 5.32 Å². The monoisotopic (exact) mass is 268 g/mol. The van der Waals surface area contributed by atoms with E-state index in [0.29, 0.717) is 12.0 Å². The van der Waals surface area contributed by atoms with Gasteiger partial charge in [-0.15, -0.1) is 0 Å². The number of nitrogens with one attached hydrogen (secondary N) is 1.